The molecular weight excluding hydrogens is 252 g/mol. The molecule has 0 radical (unpaired) electrons. The number of benzene rings is 1. The van der Waals surface area contributed by atoms with Crippen LogP contribution in [0.2, 0.25) is 0 Å². The summed E-state index contributed by atoms with van der Waals surface area (Å²) in [4.78, 5) is 16.0. The predicted molar refractivity (Wildman–Crippen MR) is 75.3 cm³/mol. The molecule has 0 fully saturated rings. The Morgan fingerprint density at radius 3 is 2.60 bits per heavy atom. The molecule has 3 aromatic rings. The van der Waals surface area contributed by atoms with Gasteiger partial charge in [0.2, 0.25) is 5.91 Å². The fraction of sp³-hybridized carbons (Fsp3) is 0. The zero-order chi connectivity index (χ0) is 13.9. The van der Waals surface area contributed by atoms with Crippen molar-refractivity contribution in [1.29, 1.82) is 0 Å². The molecule has 98 valence electrons. The average molecular weight is 264 g/mol. The van der Waals surface area contributed by atoms with E-state index in [1.54, 1.807) is 29.2 Å². The van der Waals surface area contributed by atoms with Crippen LogP contribution in [0, 0.1) is 0 Å². The fourth-order valence-electron chi connectivity index (χ4n) is 2.13. The summed E-state index contributed by atoms with van der Waals surface area (Å²) in [5, 5.41) is 4.21. The topological polar surface area (TPSA) is 73.8 Å². The summed E-state index contributed by atoms with van der Waals surface area (Å²) in [7, 11) is 0. The molecule has 1 amide bonds. The number of amides is 1. The Hall–Kier alpha value is -2.95. The molecule has 0 unspecified atom stereocenters. The number of hydrogen-bond donors (Lipinski definition) is 1. The first kappa shape index (κ1) is 12.1. The van der Waals surface area contributed by atoms with Gasteiger partial charge in [-0.3, -0.25) is 9.78 Å². The van der Waals surface area contributed by atoms with E-state index in [-0.39, 0.29) is 0 Å². The molecule has 0 saturated heterocycles. The lowest BCUT2D eigenvalue weighted by molar-refractivity contribution is 0.100. The highest BCUT2D eigenvalue weighted by atomic mass is 16.1. The Morgan fingerprint density at radius 2 is 1.95 bits per heavy atom. The minimum absolute atomic E-state index is 0.428. The minimum Gasteiger partial charge on any atom is -0.366 e. The van der Waals surface area contributed by atoms with E-state index in [2.05, 4.69) is 10.1 Å². The van der Waals surface area contributed by atoms with Gasteiger partial charge in [-0.15, -0.1) is 0 Å². The van der Waals surface area contributed by atoms with Gasteiger partial charge < -0.3 is 5.73 Å². The van der Waals surface area contributed by atoms with Crippen LogP contribution in [0.5, 0.6) is 0 Å². The van der Waals surface area contributed by atoms with Crippen molar-refractivity contribution >= 4 is 5.91 Å². The van der Waals surface area contributed by atoms with Crippen molar-refractivity contribution in [3.8, 4) is 16.9 Å². The quantitative estimate of drug-likeness (QED) is 0.786. The van der Waals surface area contributed by atoms with Crippen LogP contribution in [-0.2, 0) is 0 Å². The van der Waals surface area contributed by atoms with Crippen LogP contribution >= 0.6 is 0 Å². The van der Waals surface area contributed by atoms with Crippen LogP contribution in [0.4, 0.5) is 0 Å². The van der Waals surface area contributed by atoms with Crippen molar-refractivity contribution in [2.75, 3.05) is 0 Å². The van der Waals surface area contributed by atoms with E-state index in [4.69, 9.17) is 5.73 Å². The van der Waals surface area contributed by atoms with E-state index in [0.717, 1.165) is 5.69 Å². The molecule has 2 N–H and O–H groups in total. The van der Waals surface area contributed by atoms with E-state index < -0.39 is 5.91 Å². The molecule has 3 rings (SSSR count). The zero-order valence-corrected chi connectivity index (χ0v) is 10.6. The average Bonchev–Trinajstić information content (AvgIpc) is 3.01. The molecule has 5 heteroatoms. The van der Waals surface area contributed by atoms with Crippen LogP contribution in [0.3, 0.4) is 0 Å². The predicted octanol–water partition coefficient (Wildman–Crippen LogP) is 2.03. The van der Waals surface area contributed by atoms with Crippen molar-refractivity contribution in [3.05, 3.63) is 66.6 Å². The van der Waals surface area contributed by atoms with Crippen molar-refractivity contribution < 1.29 is 4.79 Å². The largest absolute Gasteiger partial charge is 0.366 e. The number of hydrogen-bond acceptors (Lipinski definition) is 3. The van der Waals surface area contributed by atoms with Crippen molar-refractivity contribution in [3.63, 3.8) is 0 Å². The lowest BCUT2D eigenvalue weighted by atomic mass is 10.0. The second-order valence-corrected chi connectivity index (χ2v) is 4.23. The first-order valence-electron chi connectivity index (χ1n) is 6.11. The molecule has 20 heavy (non-hydrogen) atoms. The van der Waals surface area contributed by atoms with E-state index >= 15 is 0 Å². The number of carbonyl (C=O) groups excluding carboxylic acids is 1. The van der Waals surface area contributed by atoms with Gasteiger partial charge in [-0.1, -0.05) is 12.1 Å². The van der Waals surface area contributed by atoms with Gasteiger partial charge >= 0.3 is 0 Å². The molecule has 0 aliphatic heterocycles. The SMILES string of the molecule is NC(=O)c1cccc(-n2cccn2)c1-c1ccccn1. The van der Waals surface area contributed by atoms with Crippen LogP contribution < -0.4 is 5.73 Å². The summed E-state index contributed by atoms with van der Waals surface area (Å²) in [6.07, 6.45) is 5.17. The van der Waals surface area contributed by atoms with E-state index in [0.29, 0.717) is 16.8 Å². The van der Waals surface area contributed by atoms with Crippen LogP contribution in [0.25, 0.3) is 16.9 Å². The van der Waals surface area contributed by atoms with Gasteiger partial charge in [-0.25, -0.2) is 4.68 Å². The number of carbonyl (C=O) groups is 1. The Bertz CT molecular complexity index is 736. The monoisotopic (exact) mass is 264 g/mol. The molecule has 0 spiro atoms. The number of primary amides is 1. The van der Waals surface area contributed by atoms with Gasteiger partial charge in [0.15, 0.2) is 0 Å². The number of pyridine rings is 1. The lowest BCUT2D eigenvalue weighted by Gasteiger charge is -2.12. The minimum atomic E-state index is -0.486. The molecule has 0 atom stereocenters. The number of aromatic nitrogens is 3. The standard InChI is InChI=1S/C15H12N4O/c16-15(20)11-5-3-7-13(19-10-4-9-18-19)14(11)12-6-1-2-8-17-12/h1-10H,(H2,16,20). The third kappa shape index (κ3) is 2.05. The number of rotatable bonds is 3. The Labute approximate surface area is 115 Å². The highest BCUT2D eigenvalue weighted by Crippen LogP contribution is 2.28. The molecular formula is C15H12N4O. The van der Waals surface area contributed by atoms with Crippen LogP contribution in [0.1, 0.15) is 10.4 Å². The highest BCUT2D eigenvalue weighted by molar-refractivity contribution is 6.01. The molecule has 2 aromatic heterocycles. The van der Waals surface area contributed by atoms with Crippen molar-refractivity contribution in [1.82, 2.24) is 14.8 Å². The van der Waals surface area contributed by atoms with Gasteiger partial charge in [-0.05, 0) is 30.3 Å². The summed E-state index contributed by atoms with van der Waals surface area (Å²) in [5.74, 6) is -0.486. The normalized spacial score (nSPS) is 10.4. The maximum Gasteiger partial charge on any atom is 0.249 e. The van der Waals surface area contributed by atoms with Crippen molar-refractivity contribution in [2.45, 2.75) is 0 Å². The van der Waals surface area contributed by atoms with E-state index in [1.165, 1.54) is 0 Å². The fourth-order valence-corrected chi connectivity index (χ4v) is 2.13. The molecule has 0 saturated carbocycles. The second kappa shape index (κ2) is 4.97. The van der Waals surface area contributed by atoms with Gasteiger partial charge in [0.25, 0.3) is 0 Å². The molecule has 0 aliphatic carbocycles. The Morgan fingerprint density at radius 1 is 1.05 bits per heavy atom. The van der Waals surface area contributed by atoms with Gasteiger partial charge in [-0.2, -0.15) is 5.10 Å². The summed E-state index contributed by atoms with van der Waals surface area (Å²) < 4.78 is 1.69. The third-order valence-electron chi connectivity index (χ3n) is 2.98. The summed E-state index contributed by atoms with van der Waals surface area (Å²) in [6.45, 7) is 0. The first-order chi connectivity index (χ1) is 9.77. The van der Waals surface area contributed by atoms with E-state index in [1.807, 2.05) is 36.5 Å². The van der Waals surface area contributed by atoms with Crippen LogP contribution in [-0.4, -0.2) is 20.7 Å². The maximum atomic E-state index is 11.7. The molecule has 2 heterocycles. The van der Waals surface area contributed by atoms with Gasteiger partial charge in [0.05, 0.1) is 16.9 Å². The Balaban J connectivity index is 2.31. The number of nitrogens with zero attached hydrogens (tertiary/aromatic N) is 3. The smallest absolute Gasteiger partial charge is 0.249 e. The summed E-state index contributed by atoms with van der Waals surface area (Å²) in [6, 6.07) is 12.7. The van der Waals surface area contributed by atoms with Gasteiger partial charge in [0.1, 0.15) is 0 Å². The summed E-state index contributed by atoms with van der Waals surface area (Å²) in [5.41, 5.74) is 8.05. The molecule has 5 nitrogen and oxygen atoms in total. The molecule has 0 bridgehead atoms. The molecule has 0 aliphatic rings. The highest BCUT2D eigenvalue weighted by Gasteiger charge is 2.16. The van der Waals surface area contributed by atoms with Crippen LogP contribution in [0.15, 0.2) is 61.1 Å². The molecule has 1 aromatic carbocycles. The van der Waals surface area contributed by atoms with Gasteiger partial charge in [0, 0.05) is 24.2 Å². The first-order valence-corrected chi connectivity index (χ1v) is 6.11. The Kier molecular flexibility index (Phi) is 3.01. The zero-order valence-electron chi connectivity index (χ0n) is 10.6. The number of nitrogens with two attached hydrogens (primary N) is 1. The lowest BCUT2D eigenvalue weighted by Crippen LogP contribution is -2.14. The third-order valence-corrected chi connectivity index (χ3v) is 2.98. The van der Waals surface area contributed by atoms with E-state index in [9.17, 15) is 4.79 Å². The maximum absolute atomic E-state index is 11.7. The second-order valence-electron chi connectivity index (χ2n) is 4.23. The summed E-state index contributed by atoms with van der Waals surface area (Å²) >= 11 is 0. The van der Waals surface area contributed by atoms with Crippen molar-refractivity contribution in [2.24, 2.45) is 5.73 Å².